The van der Waals surface area contributed by atoms with Gasteiger partial charge >= 0.3 is 0 Å². The first-order chi connectivity index (χ1) is 8.08. The molecule has 0 spiro atoms. The van der Waals surface area contributed by atoms with Gasteiger partial charge in [0.15, 0.2) is 11.0 Å². The second-order valence-electron chi connectivity index (χ2n) is 3.86. The molecule has 2 rings (SSSR count). The van der Waals surface area contributed by atoms with Gasteiger partial charge in [-0.25, -0.2) is 0 Å². The van der Waals surface area contributed by atoms with Gasteiger partial charge in [-0.3, -0.25) is 4.79 Å². The summed E-state index contributed by atoms with van der Waals surface area (Å²) in [5.41, 5.74) is 5.26. The number of nitrogens with two attached hydrogens (primary N) is 1. The molecule has 1 fully saturated rings. The van der Waals surface area contributed by atoms with Crippen LogP contribution >= 0.6 is 23.2 Å². The highest BCUT2D eigenvalue weighted by Crippen LogP contribution is 2.26. The maximum Gasteiger partial charge on any atom is 0.245 e. The van der Waals surface area contributed by atoms with Crippen molar-refractivity contribution < 1.29 is 4.79 Å². The molecule has 92 valence electrons. The van der Waals surface area contributed by atoms with Crippen molar-refractivity contribution in [2.75, 3.05) is 18.0 Å². The van der Waals surface area contributed by atoms with E-state index in [0.717, 1.165) is 0 Å². The van der Waals surface area contributed by atoms with E-state index < -0.39 is 0 Å². The molecule has 1 saturated heterocycles. The van der Waals surface area contributed by atoms with Crippen LogP contribution in [0.5, 0.6) is 0 Å². The average Bonchev–Trinajstić information content (AvgIpc) is 2.32. The zero-order valence-corrected chi connectivity index (χ0v) is 10.4. The van der Waals surface area contributed by atoms with Crippen LogP contribution in [-0.4, -0.2) is 34.2 Å². The summed E-state index contributed by atoms with van der Waals surface area (Å²) in [7, 11) is 0. The van der Waals surface area contributed by atoms with Gasteiger partial charge in [-0.15, -0.1) is 10.2 Å². The van der Waals surface area contributed by atoms with E-state index in [0.29, 0.717) is 31.7 Å². The number of halogens is 2. The van der Waals surface area contributed by atoms with Crippen molar-refractivity contribution in [2.45, 2.75) is 12.8 Å². The van der Waals surface area contributed by atoms with Crippen LogP contribution in [0.4, 0.5) is 5.82 Å². The van der Waals surface area contributed by atoms with Gasteiger partial charge in [0, 0.05) is 19.0 Å². The Morgan fingerprint density at radius 3 is 2.53 bits per heavy atom. The average molecular weight is 276 g/mol. The number of carbonyl (C=O) groups excluding carboxylic acids is 1. The van der Waals surface area contributed by atoms with Crippen molar-refractivity contribution in [2.24, 2.45) is 11.7 Å². The first-order valence-corrected chi connectivity index (χ1v) is 5.93. The SMILES string of the molecule is NC(=O)C1CCN(c2nc(Cl)nnc2Cl)CC1. The summed E-state index contributed by atoms with van der Waals surface area (Å²) in [6, 6.07) is 0. The Hall–Kier alpha value is -1.14. The summed E-state index contributed by atoms with van der Waals surface area (Å²) < 4.78 is 0. The highest BCUT2D eigenvalue weighted by atomic mass is 35.5. The Morgan fingerprint density at radius 2 is 1.94 bits per heavy atom. The second-order valence-corrected chi connectivity index (χ2v) is 4.56. The van der Waals surface area contributed by atoms with E-state index in [2.05, 4.69) is 15.2 Å². The van der Waals surface area contributed by atoms with Crippen LogP contribution < -0.4 is 10.6 Å². The second kappa shape index (κ2) is 5.01. The number of anilines is 1. The Kier molecular flexibility index (Phi) is 3.63. The van der Waals surface area contributed by atoms with Crippen molar-refractivity contribution >= 4 is 34.9 Å². The largest absolute Gasteiger partial charge is 0.369 e. The van der Waals surface area contributed by atoms with Crippen LogP contribution in [0.1, 0.15) is 12.8 Å². The van der Waals surface area contributed by atoms with Gasteiger partial charge in [-0.05, 0) is 24.4 Å². The number of hydrogen-bond donors (Lipinski definition) is 1. The van der Waals surface area contributed by atoms with E-state index in [-0.39, 0.29) is 22.3 Å². The van der Waals surface area contributed by atoms with Crippen molar-refractivity contribution in [3.8, 4) is 0 Å². The molecule has 0 radical (unpaired) electrons. The third-order valence-electron chi connectivity index (χ3n) is 2.80. The molecule has 1 aromatic heterocycles. The van der Waals surface area contributed by atoms with Crippen LogP contribution in [0, 0.1) is 5.92 Å². The first kappa shape index (κ1) is 12.3. The molecule has 2 N–H and O–H groups in total. The van der Waals surface area contributed by atoms with Crippen LogP contribution in [0.15, 0.2) is 0 Å². The predicted octanol–water partition coefficient (Wildman–Crippen LogP) is 0.880. The Morgan fingerprint density at radius 1 is 1.29 bits per heavy atom. The highest BCUT2D eigenvalue weighted by Gasteiger charge is 2.25. The lowest BCUT2D eigenvalue weighted by Gasteiger charge is -2.31. The minimum Gasteiger partial charge on any atom is -0.369 e. The molecule has 8 heteroatoms. The summed E-state index contributed by atoms with van der Waals surface area (Å²) in [6.45, 7) is 1.31. The summed E-state index contributed by atoms with van der Waals surface area (Å²) in [5.74, 6) is 0.180. The molecule has 0 saturated carbocycles. The van der Waals surface area contributed by atoms with E-state index in [9.17, 15) is 4.79 Å². The number of hydrogen-bond acceptors (Lipinski definition) is 5. The number of carbonyl (C=O) groups is 1. The fourth-order valence-corrected chi connectivity index (χ4v) is 2.18. The molecule has 0 aliphatic carbocycles. The molecular formula is C9H11Cl2N5O. The Labute approximate surface area is 108 Å². The fourth-order valence-electron chi connectivity index (χ4n) is 1.86. The van der Waals surface area contributed by atoms with Crippen LogP contribution in [0.25, 0.3) is 0 Å². The lowest BCUT2D eigenvalue weighted by molar-refractivity contribution is -0.122. The minimum atomic E-state index is -0.255. The maximum absolute atomic E-state index is 11.0. The zero-order valence-electron chi connectivity index (χ0n) is 8.94. The van der Waals surface area contributed by atoms with Gasteiger partial charge in [-0.2, -0.15) is 4.98 Å². The molecule has 6 nitrogen and oxygen atoms in total. The lowest BCUT2D eigenvalue weighted by Crippen LogP contribution is -2.39. The summed E-state index contributed by atoms with van der Waals surface area (Å²) in [5, 5.41) is 7.52. The molecule has 2 heterocycles. The van der Waals surface area contributed by atoms with Crippen molar-refractivity contribution in [1.29, 1.82) is 0 Å². The van der Waals surface area contributed by atoms with Crippen LogP contribution in [0.3, 0.4) is 0 Å². The van der Waals surface area contributed by atoms with Crippen molar-refractivity contribution in [3.63, 3.8) is 0 Å². The molecule has 0 unspecified atom stereocenters. The predicted molar refractivity (Wildman–Crippen MR) is 64.0 cm³/mol. The van der Waals surface area contributed by atoms with Gasteiger partial charge in [0.05, 0.1) is 0 Å². The highest BCUT2D eigenvalue weighted by molar-refractivity contribution is 6.32. The molecule has 1 aromatic rings. The van der Waals surface area contributed by atoms with Crippen LogP contribution in [-0.2, 0) is 4.79 Å². The van der Waals surface area contributed by atoms with Gasteiger partial charge in [0.25, 0.3) is 0 Å². The van der Waals surface area contributed by atoms with Crippen LogP contribution in [0.2, 0.25) is 10.4 Å². The van der Waals surface area contributed by atoms with E-state index in [1.54, 1.807) is 0 Å². The number of aromatic nitrogens is 3. The smallest absolute Gasteiger partial charge is 0.245 e. The number of rotatable bonds is 2. The summed E-state index contributed by atoms with van der Waals surface area (Å²) in [4.78, 5) is 17.0. The molecule has 1 aliphatic rings. The number of amides is 1. The minimum absolute atomic E-state index is 0.0569. The van der Waals surface area contributed by atoms with Gasteiger partial charge < -0.3 is 10.6 Å². The molecular weight excluding hydrogens is 265 g/mol. The molecule has 0 atom stereocenters. The standard InChI is InChI=1S/C9H11Cl2N5O/c10-6-8(13-9(11)15-14-6)16-3-1-5(2-4-16)7(12)17/h5H,1-4H2,(H2,12,17). The van der Waals surface area contributed by atoms with E-state index in [1.165, 1.54) is 0 Å². The molecule has 17 heavy (non-hydrogen) atoms. The third-order valence-corrected chi connectivity index (χ3v) is 3.20. The number of piperidine rings is 1. The third kappa shape index (κ3) is 2.76. The molecule has 1 aliphatic heterocycles. The number of primary amides is 1. The van der Waals surface area contributed by atoms with Gasteiger partial charge in [0.1, 0.15) is 0 Å². The quantitative estimate of drug-likeness (QED) is 0.866. The van der Waals surface area contributed by atoms with Gasteiger partial charge in [-0.1, -0.05) is 11.6 Å². The first-order valence-electron chi connectivity index (χ1n) is 5.18. The normalized spacial score (nSPS) is 17.2. The summed E-state index contributed by atoms with van der Waals surface area (Å²) in [6.07, 6.45) is 1.38. The van der Waals surface area contributed by atoms with Gasteiger partial charge in [0.2, 0.25) is 11.2 Å². The maximum atomic E-state index is 11.0. The monoisotopic (exact) mass is 275 g/mol. The van der Waals surface area contributed by atoms with E-state index in [4.69, 9.17) is 28.9 Å². The Balaban J connectivity index is 2.10. The van der Waals surface area contributed by atoms with Crippen molar-refractivity contribution in [1.82, 2.24) is 15.2 Å². The Bertz CT molecular complexity index is 433. The number of nitrogens with zero attached hydrogens (tertiary/aromatic N) is 4. The van der Waals surface area contributed by atoms with Crippen molar-refractivity contribution in [3.05, 3.63) is 10.4 Å². The van der Waals surface area contributed by atoms with E-state index in [1.807, 2.05) is 4.90 Å². The lowest BCUT2D eigenvalue weighted by atomic mass is 9.96. The molecule has 1 amide bonds. The zero-order chi connectivity index (χ0) is 12.4. The molecule has 0 aromatic carbocycles. The topological polar surface area (TPSA) is 85.0 Å². The molecule has 0 bridgehead atoms. The summed E-state index contributed by atoms with van der Waals surface area (Å²) >= 11 is 11.6. The van der Waals surface area contributed by atoms with E-state index >= 15 is 0 Å². The fraction of sp³-hybridized carbons (Fsp3) is 0.556.